The Morgan fingerprint density at radius 1 is 0.448 bits per heavy atom. The Balaban J connectivity index is 0.00000218. The Hall–Kier alpha value is -6.43. The van der Waals surface area contributed by atoms with Gasteiger partial charge in [-0.3, -0.25) is 0 Å². The predicted octanol–water partition coefficient (Wildman–Crippen LogP) is 2.76. The first kappa shape index (κ1) is 37.2. The number of ether oxygens (including phenoxy) is 2. The molecule has 0 spiro atoms. The normalized spacial score (nSPS) is 12.6. The fraction of sp³-hybridized carbons (Fsp3) is 0.0851. The van der Waals surface area contributed by atoms with Crippen molar-refractivity contribution in [2.24, 2.45) is 0 Å². The third-order valence-electron chi connectivity index (χ3n) is 10.6. The lowest BCUT2D eigenvalue weighted by molar-refractivity contribution is -0.663. The highest BCUT2D eigenvalue weighted by Crippen LogP contribution is 2.37. The maximum absolute atomic E-state index is 6.82. The van der Waals surface area contributed by atoms with Crippen molar-refractivity contribution < 1.29 is 52.6 Å². The minimum atomic E-state index is 0. The minimum Gasteiger partial charge on any atom is -1.00 e. The molecule has 9 nitrogen and oxygen atoms in total. The van der Waals surface area contributed by atoms with Crippen molar-refractivity contribution in [1.29, 1.82) is 0 Å². The monoisotopic (exact) mass is 887 g/mol. The van der Waals surface area contributed by atoms with Crippen LogP contribution in [-0.4, -0.2) is 24.1 Å². The standard InChI is InChI=1S/C47H35N7O2.2BrH/c1-3-16-38-32(12-1)24-34-26-51-30-53(42-20-7-5-18-40(42)51)28-36-14-11-15-37(48-36)29-54-31-52(41-19-6-8-21-43(41)54)27-35-25-33-13-2-4-17-39(33)50-47(35)56-45-23-10-9-22-44(45)55-46(34)49-38;;/h1-25,30-31H,26-29H2;2*1H/q+2;;/p-2. The van der Waals surface area contributed by atoms with E-state index in [0.717, 1.165) is 66.4 Å². The van der Waals surface area contributed by atoms with Crippen molar-refractivity contribution in [3.05, 3.63) is 187 Å². The summed E-state index contributed by atoms with van der Waals surface area (Å²) in [6.07, 6.45) is 4.35. The Bertz CT molecular complexity index is 2940. The molecule has 6 bridgehead atoms. The van der Waals surface area contributed by atoms with Gasteiger partial charge >= 0.3 is 0 Å². The van der Waals surface area contributed by atoms with Crippen LogP contribution in [0.4, 0.5) is 0 Å². The van der Waals surface area contributed by atoms with Crippen LogP contribution in [0.15, 0.2) is 164 Å². The summed E-state index contributed by atoms with van der Waals surface area (Å²) in [4.78, 5) is 15.4. The third kappa shape index (κ3) is 6.86. The molecule has 5 aromatic carbocycles. The number of hydrogen-bond acceptors (Lipinski definition) is 5. The fourth-order valence-corrected chi connectivity index (χ4v) is 7.93. The van der Waals surface area contributed by atoms with Crippen molar-refractivity contribution in [3.8, 4) is 23.3 Å². The molecule has 284 valence electrons. The van der Waals surface area contributed by atoms with Gasteiger partial charge < -0.3 is 43.4 Å². The molecule has 5 aromatic heterocycles. The van der Waals surface area contributed by atoms with Crippen LogP contribution in [0.2, 0.25) is 0 Å². The number of hydrogen-bond donors (Lipinski definition) is 0. The van der Waals surface area contributed by atoms with Gasteiger partial charge in [-0.1, -0.05) is 78.9 Å². The van der Waals surface area contributed by atoms with Crippen LogP contribution in [0.5, 0.6) is 23.3 Å². The molecule has 0 aliphatic carbocycles. The predicted molar refractivity (Wildman–Crippen MR) is 215 cm³/mol. The highest BCUT2D eigenvalue weighted by molar-refractivity contribution is 5.81. The Morgan fingerprint density at radius 3 is 1.38 bits per heavy atom. The Kier molecular flexibility index (Phi) is 9.92. The summed E-state index contributed by atoms with van der Waals surface area (Å²) in [5.41, 5.74) is 10.00. The number of halogens is 2. The minimum absolute atomic E-state index is 0. The summed E-state index contributed by atoms with van der Waals surface area (Å²) >= 11 is 0. The van der Waals surface area contributed by atoms with Gasteiger partial charge in [0.1, 0.15) is 26.2 Å². The van der Waals surface area contributed by atoms with E-state index < -0.39 is 0 Å². The summed E-state index contributed by atoms with van der Waals surface area (Å²) in [7, 11) is 0. The highest BCUT2D eigenvalue weighted by Gasteiger charge is 2.23. The molecule has 10 aromatic rings. The summed E-state index contributed by atoms with van der Waals surface area (Å²) in [6, 6.07) is 51.7. The zero-order chi connectivity index (χ0) is 37.0. The van der Waals surface area contributed by atoms with Gasteiger partial charge in [0.2, 0.25) is 24.4 Å². The molecule has 6 heterocycles. The molecule has 0 unspecified atom stereocenters. The van der Waals surface area contributed by atoms with Crippen molar-refractivity contribution in [1.82, 2.24) is 24.1 Å². The maximum Gasteiger partial charge on any atom is 0.245 e. The molecule has 0 amide bonds. The lowest BCUT2D eigenvalue weighted by Gasteiger charge is -2.16. The van der Waals surface area contributed by atoms with E-state index in [1.807, 2.05) is 60.7 Å². The summed E-state index contributed by atoms with van der Waals surface area (Å²) in [5.74, 6) is 2.12. The Labute approximate surface area is 355 Å². The first-order chi connectivity index (χ1) is 27.7. The van der Waals surface area contributed by atoms with E-state index in [1.54, 1.807) is 0 Å². The lowest BCUT2D eigenvalue weighted by atomic mass is 10.1. The van der Waals surface area contributed by atoms with Gasteiger partial charge in [0.15, 0.2) is 33.6 Å². The van der Waals surface area contributed by atoms with Crippen LogP contribution in [-0.2, 0) is 26.2 Å². The number of fused-ring (bicyclic) bond motifs is 17. The van der Waals surface area contributed by atoms with E-state index in [9.17, 15) is 0 Å². The van der Waals surface area contributed by atoms with E-state index in [1.165, 1.54) is 0 Å². The zero-order valence-electron chi connectivity index (χ0n) is 31.1. The molecule has 1 aliphatic heterocycles. The lowest BCUT2D eigenvalue weighted by Crippen LogP contribution is -3.00. The number of imidazole rings is 2. The van der Waals surface area contributed by atoms with Crippen molar-refractivity contribution in [3.63, 3.8) is 0 Å². The number of aromatic nitrogens is 7. The molecule has 0 atom stereocenters. The molecule has 58 heavy (non-hydrogen) atoms. The summed E-state index contributed by atoms with van der Waals surface area (Å²) in [6.45, 7) is 2.31. The average Bonchev–Trinajstić information content (AvgIpc) is 3.75. The number of rotatable bonds is 0. The first-order valence-electron chi connectivity index (χ1n) is 18.8. The molecule has 0 radical (unpaired) electrons. The molecule has 0 saturated carbocycles. The van der Waals surface area contributed by atoms with Gasteiger partial charge in [-0.05, 0) is 72.8 Å². The van der Waals surface area contributed by atoms with Crippen LogP contribution < -0.4 is 52.6 Å². The SMILES string of the molecule is [Br-].[Br-].c1cc2nc(c1)Cn1c[n+](c3ccccc31)Cc1cc3ccccc3nc1Oc1ccccc1Oc1nc3ccccc3cc1C[n+]1cn(c3ccccc31)C2. The van der Waals surface area contributed by atoms with Crippen LogP contribution in [0, 0.1) is 0 Å². The van der Waals surface area contributed by atoms with Crippen LogP contribution in [0.3, 0.4) is 0 Å². The average molecular weight is 890 g/mol. The largest absolute Gasteiger partial charge is 1.00 e. The van der Waals surface area contributed by atoms with Gasteiger partial charge in [0.05, 0.1) is 33.5 Å². The van der Waals surface area contributed by atoms with Gasteiger partial charge in [0, 0.05) is 10.8 Å². The van der Waals surface area contributed by atoms with Gasteiger partial charge in [-0.2, -0.15) is 0 Å². The van der Waals surface area contributed by atoms with Crippen molar-refractivity contribution in [2.75, 3.05) is 0 Å². The van der Waals surface area contributed by atoms with Gasteiger partial charge in [-0.25, -0.2) is 33.2 Å². The molecule has 0 saturated heterocycles. The highest BCUT2D eigenvalue weighted by atomic mass is 79.9. The molecule has 0 fully saturated rings. The molecular weight excluding hydrogens is 854 g/mol. The summed E-state index contributed by atoms with van der Waals surface area (Å²) in [5, 5.41) is 2.08. The third-order valence-corrected chi connectivity index (χ3v) is 10.6. The Morgan fingerprint density at radius 2 is 0.879 bits per heavy atom. The second-order valence-electron chi connectivity index (χ2n) is 14.3. The van der Waals surface area contributed by atoms with Crippen molar-refractivity contribution >= 4 is 43.9 Å². The van der Waals surface area contributed by atoms with Crippen LogP contribution in [0.1, 0.15) is 22.5 Å². The van der Waals surface area contributed by atoms with Gasteiger partial charge in [0.25, 0.3) is 0 Å². The number of nitrogens with zero attached hydrogens (tertiary/aromatic N) is 7. The number of pyridine rings is 3. The smallest absolute Gasteiger partial charge is 0.245 e. The van der Waals surface area contributed by atoms with Crippen LogP contribution >= 0.6 is 0 Å². The van der Waals surface area contributed by atoms with Crippen LogP contribution in [0.25, 0.3) is 43.9 Å². The molecule has 11 heteroatoms. The van der Waals surface area contributed by atoms with E-state index >= 15 is 0 Å². The zero-order valence-corrected chi connectivity index (χ0v) is 34.3. The van der Waals surface area contributed by atoms with E-state index in [-0.39, 0.29) is 34.0 Å². The van der Waals surface area contributed by atoms with E-state index in [4.69, 9.17) is 24.4 Å². The second kappa shape index (κ2) is 15.5. The second-order valence-corrected chi connectivity index (χ2v) is 14.3. The topological polar surface area (TPSA) is 74.8 Å². The molecule has 0 N–H and O–H groups in total. The number of para-hydroxylation sites is 8. The quantitative estimate of drug-likeness (QED) is 0.220. The van der Waals surface area contributed by atoms with Crippen molar-refractivity contribution in [2.45, 2.75) is 26.2 Å². The molecule has 11 rings (SSSR count). The van der Waals surface area contributed by atoms with Gasteiger partial charge in [-0.15, -0.1) is 0 Å². The maximum atomic E-state index is 6.82. The van der Waals surface area contributed by atoms with E-state index in [2.05, 4.69) is 122 Å². The van der Waals surface area contributed by atoms with E-state index in [0.29, 0.717) is 49.4 Å². The molecular formula is C47H35Br2N7O2. The fourth-order valence-electron chi connectivity index (χ4n) is 7.93. The number of benzene rings is 5. The molecule has 1 aliphatic rings. The summed E-state index contributed by atoms with van der Waals surface area (Å²) < 4.78 is 22.7. The first-order valence-corrected chi connectivity index (χ1v) is 18.8.